The second-order valence-corrected chi connectivity index (χ2v) is 9.98. The molecule has 0 spiro atoms. The number of rotatable bonds is 5. The average Bonchev–Trinajstić information content (AvgIpc) is 3.18. The second kappa shape index (κ2) is 10.1. The molecule has 198 valence electrons. The van der Waals surface area contributed by atoms with Crippen molar-refractivity contribution in [2.75, 3.05) is 20.6 Å². The zero-order valence-electron chi connectivity index (χ0n) is 20.6. The van der Waals surface area contributed by atoms with Gasteiger partial charge in [0.15, 0.2) is 0 Å². The molecular weight excluding hydrogens is 490 g/mol. The number of halogens is 4. The molecule has 2 aliphatic rings. The first-order chi connectivity index (χ1) is 17.4. The molecule has 2 fully saturated rings. The van der Waals surface area contributed by atoms with E-state index in [1.165, 1.54) is 31.1 Å². The van der Waals surface area contributed by atoms with Gasteiger partial charge in [0, 0.05) is 20.6 Å². The van der Waals surface area contributed by atoms with Gasteiger partial charge in [-0.1, -0.05) is 42.8 Å². The third-order valence-corrected chi connectivity index (χ3v) is 7.41. The number of nitrogens with zero attached hydrogens (tertiary/aromatic N) is 2. The number of benzene rings is 2. The Morgan fingerprint density at radius 1 is 1.05 bits per heavy atom. The van der Waals surface area contributed by atoms with Crippen molar-refractivity contribution in [2.24, 2.45) is 5.41 Å². The number of alkyl halides is 3. The van der Waals surface area contributed by atoms with E-state index in [0.29, 0.717) is 23.1 Å². The Kier molecular flexibility index (Phi) is 7.30. The zero-order chi connectivity index (χ0) is 27.0. The molecule has 6 nitrogen and oxygen atoms in total. The van der Waals surface area contributed by atoms with Crippen LogP contribution in [0.3, 0.4) is 0 Å². The van der Waals surface area contributed by atoms with Crippen LogP contribution in [-0.4, -0.2) is 66.4 Å². The zero-order valence-corrected chi connectivity index (χ0v) is 20.6. The SMILES string of the molecule is CN(C)C(=O)C(=O)N[C@H]1CCN(C(=O)C2(C(F)(F)F)CCC2)[C@H]1Cc1cccc(-c2cccc(F)c2)c1. The van der Waals surface area contributed by atoms with E-state index in [2.05, 4.69) is 5.32 Å². The first kappa shape index (κ1) is 26.6. The van der Waals surface area contributed by atoms with E-state index in [9.17, 15) is 31.9 Å². The highest BCUT2D eigenvalue weighted by atomic mass is 19.4. The van der Waals surface area contributed by atoms with Gasteiger partial charge in [-0.25, -0.2) is 4.39 Å². The molecule has 37 heavy (non-hydrogen) atoms. The number of nitrogens with one attached hydrogen (secondary N) is 1. The smallest absolute Gasteiger partial charge is 0.343 e. The monoisotopic (exact) mass is 519 g/mol. The molecule has 0 aromatic heterocycles. The number of likely N-dealkylation sites (N-methyl/N-ethyl adjacent to an activating group) is 1. The van der Waals surface area contributed by atoms with Crippen molar-refractivity contribution in [1.82, 2.24) is 15.1 Å². The third kappa shape index (κ3) is 5.19. The second-order valence-electron chi connectivity index (χ2n) is 9.98. The lowest BCUT2D eigenvalue weighted by molar-refractivity contribution is -0.248. The van der Waals surface area contributed by atoms with Gasteiger partial charge in [-0.3, -0.25) is 14.4 Å². The standard InChI is InChI=1S/C27H29F4N3O3/c1-33(2)24(36)23(35)32-21-10-13-34(25(37)26(11-5-12-26)27(29,30)31)22(21)15-17-6-3-7-18(14-17)19-8-4-9-20(28)16-19/h3-4,6-9,14,16,21-22H,5,10-13,15H2,1-2H3,(H,32,35)/t21-,22-/m0/s1. The molecule has 1 saturated heterocycles. The molecule has 1 N–H and O–H groups in total. The van der Waals surface area contributed by atoms with Gasteiger partial charge in [0.05, 0.1) is 12.1 Å². The fourth-order valence-corrected chi connectivity index (χ4v) is 5.17. The molecule has 10 heteroatoms. The molecule has 1 aliphatic heterocycles. The van der Waals surface area contributed by atoms with Gasteiger partial charge in [-0.15, -0.1) is 0 Å². The summed E-state index contributed by atoms with van der Waals surface area (Å²) in [6.07, 6.45) is -4.50. The number of carbonyl (C=O) groups excluding carboxylic acids is 3. The fraction of sp³-hybridized carbons (Fsp3) is 0.444. The van der Waals surface area contributed by atoms with Crippen LogP contribution in [0.2, 0.25) is 0 Å². The Morgan fingerprint density at radius 2 is 1.70 bits per heavy atom. The van der Waals surface area contributed by atoms with Gasteiger partial charge in [-0.2, -0.15) is 13.2 Å². The lowest BCUT2D eigenvalue weighted by Crippen LogP contribution is -2.59. The number of amides is 3. The van der Waals surface area contributed by atoms with Gasteiger partial charge >= 0.3 is 18.0 Å². The average molecular weight is 520 g/mol. The molecule has 0 unspecified atom stereocenters. The Bertz CT molecular complexity index is 1190. The Hall–Kier alpha value is -3.43. The van der Waals surface area contributed by atoms with Gasteiger partial charge in [-0.05, 0) is 54.5 Å². The minimum Gasteiger partial charge on any atom is -0.343 e. The Balaban J connectivity index is 1.64. The highest BCUT2D eigenvalue weighted by Gasteiger charge is 2.65. The van der Waals surface area contributed by atoms with Gasteiger partial charge in [0.1, 0.15) is 11.2 Å². The lowest BCUT2D eigenvalue weighted by atomic mass is 9.67. The van der Waals surface area contributed by atoms with Gasteiger partial charge < -0.3 is 15.1 Å². The molecule has 1 aliphatic carbocycles. The van der Waals surface area contributed by atoms with Crippen molar-refractivity contribution in [1.29, 1.82) is 0 Å². The molecule has 0 radical (unpaired) electrons. The molecule has 2 aromatic carbocycles. The quantitative estimate of drug-likeness (QED) is 0.481. The minimum absolute atomic E-state index is 0.0337. The first-order valence-electron chi connectivity index (χ1n) is 12.2. The Morgan fingerprint density at radius 3 is 2.27 bits per heavy atom. The van der Waals surface area contributed by atoms with E-state index in [-0.39, 0.29) is 32.2 Å². The van der Waals surface area contributed by atoms with Crippen LogP contribution in [0.4, 0.5) is 17.6 Å². The van der Waals surface area contributed by atoms with Crippen molar-refractivity contribution in [3.8, 4) is 11.1 Å². The van der Waals surface area contributed by atoms with Crippen LogP contribution in [0.15, 0.2) is 48.5 Å². The Labute approximate surface area is 212 Å². The minimum atomic E-state index is -4.67. The summed E-state index contributed by atoms with van der Waals surface area (Å²) in [7, 11) is 2.84. The molecule has 2 aromatic rings. The molecule has 4 rings (SSSR count). The topological polar surface area (TPSA) is 69.7 Å². The highest BCUT2D eigenvalue weighted by molar-refractivity contribution is 6.34. The molecule has 1 saturated carbocycles. The largest absolute Gasteiger partial charge is 0.403 e. The molecule has 1 heterocycles. The van der Waals surface area contributed by atoms with Crippen LogP contribution in [0.1, 0.15) is 31.2 Å². The molecule has 2 atom stereocenters. The summed E-state index contributed by atoms with van der Waals surface area (Å²) in [4.78, 5) is 40.3. The van der Waals surface area contributed by atoms with Crippen LogP contribution in [0.25, 0.3) is 11.1 Å². The summed E-state index contributed by atoms with van der Waals surface area (Å²) >= 11 is 0. The maximum atomic E-state index is 14.0. The van der Waals surface area contributed by atoms with Crippen molar-refractivity contribution >= 4 is 17.7 Å². The van der Waals surface area contributed by atoms with Crippen molar-refractivity contribution in [2.45, 2.75) is 50.4 Å². The fourth-order valence-electron chi connectivity index (χ4n) is 5.17. The van der Waals surface area contributed by atoms with Gasteiger partial charge in [0.25, 0.3) is 0 Å². The van der Waals surface area contributed by atoms with E-state index in [4.69, 9.17) is 0 Å². The first-order valence-corrected chi connectivity index (χ1v) is 12.2. The van der Waals surface area contributed by atoms with Crippen molar-refractivity contribution < 1.29 is 31.9 Å². The predicted octanol–water partition coefficient (Wildman–Crippen LogP) is 3.94. The number of carbonyl (C=O) groups is 3. The predicted molar refractivity (Wildman–Crippen MR) is 129 cm³/mol. The lowest BCUT2D eigenvalue weighted by Gasteiger charge is -2.45. The van der Waals surface area contributed by atoms with E-state index < -0.39 is 47.2 Å². The van der Waals surface area contributed by atoms with E-state index in [1.54, 1.807) is 36.4 Å². The van der Waals surface area contributed by atoms with Crippen LogP contribution >= 0.6 is 0 Å². The van der Waals surface area contributed by atoms with Crippen LogP contribution in [0.5, 0.6) is 0 Å². The van der Waals surface area contributed by atoms with Crippen LogP contribution in [-0.2, 0) is 20.8 Å². The summed E-state index contributed by atoms with van der Waals surface area (Å²) in [6.45, 7) is 0.0337. The van der Waals surface area contributed by atoms with Crippen molar-refractivity contribution in [3.63, 3.8) is 0 Å². The third-order valence-electron chi connectivity index (χ3n) is 7.41. The number of hydrogen-bond donors (Lipinski definition) is 1. The molecular formula is C27H29F4N3O3. The van der Waals surface area contributed by atoms with Crippen LogP contribution in [0, 0.1) is 11.2 Å². The van der Waals surface area contributed by atoms with E-state index in [1.807, 2.05) is 0 Å². The maximum Gasteiger partial charge on any atom is 0.403 e. The summed E-state index contributed by atoms with van der Waals surface area (Å²) in [5, 5.41) is 2.64. The number of hydrogen-bond acceptors (Lipinski definition) is 3. The summed E-state index contributed by atoms with van der Waals surface area (Å²) in [5.74, 6) is -3.05. The summed E-state index contributed by atoms with van der Waals surface area (Å²) in [5.41, 5.74) is -0.359. The van der Waals surface area contributed by atoms with E-state index in [0.717, 1.165) is 4.90 Å². The van der Waals surface area contributed by atoms with Gasteiger partial charge in [0.2, 0.25) is 5.91 Å². The maximum absolute atomic E-state index is 14.0. The summed E-state index contributed by atoms with van der Waals surface area (Å²) < 4.78 is 55.7. The normalized spacial score (nSPS) is 20.8. The number of likely N-dealkylation sites (tertiary alicyclic amines) is 1. The van der Waals surface area contributed by atoms with Crippen molar-refractivity contribution in [3.05, 3.63) is 59.9 Å². The summed E-state index contributed by atoms with van der Waals surface area (Å²) in [6, 6.07) is 11.7. The van der Waals surface area contributed by atoms with E-state index >= 15 is 0 Å². The highest BCUT2D eigenvalue weighted by Crippen LogP contribution is 2.54. The molecule has 0 bridgehead atoms. The molecule has 3 amide bonds. The van der Waals surface area contributed by atoms with Crippen LogP contribution < -0.4 is 5.32 Å².